The summed E-state index contributed by atoms with van der Waals surface area (Å²) in [6, 6.07) is 13.0. The molecule has 6 nitrogen and oxygen atoms in total. The maximum atomic E-state index is 13.3. The van der Waals surface area contributed by atoms with Gasteiger partial charge in [-0.15, -0.1) is 0 Å². The van der Waals surface area contributed by atoms with Crippen molar-refractivity contribution < 1.29 is 19.4 Å². The van der Waals surface area contributed by atoms with Crippen LogP contribution in [0.5, 0.6) is 5.75 Å². The molecule has 2 heterocycles. The first-order valence-corrected chi connectivity index (χ1v) is 11.3. The van der Waals surface area contributed by atoms with Gasteiger partial charge < -0.3 is 9.84 Å². The summed E-state index contributed by atoms with van der Waals surface area (Å²) in [6.45, 7) is 7.58. The quantitative estimate of drug-likeness (QED) is 0.287. The van der Waals surface area contributed by atoms with Crippen LogP contribution in [0.2, 0.25) is 5.02 Å². The maximum Gasteiger partial charge on any atom is 0.300 e. The molecule has 3 aromatic rings. The van der Waals surface area contributed by atoms with Crippen LogP contribution in [0.15, 0.2) is 66.5 Å². The first kappa shape index (κ1) is 23.5. The summed E-state index contributed by atoms with van der Waals surface area (Å²) < 4.78 is 5.78. The molecular weight excluding hydrogens is 452 g/mol. The molecule has 1 aliphatic rings. The summed E-state index contributed by atoms with van der Waals surface area (Å²) in [4.78, 5) is 31.9. The Kier molecular flexibility index (Phi) is 6.44. The van der Waals surface area contributed by atoms with E-state index < -0.39 is 17.7 Å². The van der Waals surface area contributed by atoms with E-state index in [-0.39, 0.29) is 17.4 Å². The van der Waals surface area contributed by atoms with E-state index in [2.05, 4.69) is 4.98 Å². The molecule has 0 bridgehead atoms. The highest BCUT2D eigenvalue weighted by atomic mass is 35.5. The highest BCUT2D eigenvalue weighted by Gasteiger charge is 2.47. The molecule has 34 heavy (non-hydrogen) atoms. The third-order valence-electron chi connectivity index (χ3n) is 5.71. The number of rotatable bonds is 5. The number of anilines is 1. The second kappa shape index (κ2) is 9.31. The number of Topliss-reactive ketones (excluding diaryl/α,β-unsaturated/α-hetero) is 1. The minimum absolute atomic E-state index is 0.00325. The summed E-state index contributed by atoms with van der Waals surface area (Å²) in [5.41, 5.74) is 3.19. The molecule has 0 spiro atoms. The van der Waals surface area contributed by atoms with Crippen molar-refractivity contribution in [3.05, 3.63) is 93.8 Å². The van der Waals surface area contributed by atoms with Gasteiger partial charge in [-0.2, -0.15) is 0 Å². The number of carbonyl (C=O) groups excluding carboxylic acids is 2. The van der Waals surface area contributed by atoms with Gasteiger partial charge >= 0.3 is 0 Å². The molecule has 1 fully saturated rings. The summed E-state index contributed by atoms with van der Waals surface area (Å²) in [6.07, 6.45) is 3.16. The van der Waals surface area contributed by atoms with Crippen LogP contribution in [-0.2, 0) is 9.59 Å². The minimum atomic E-state index is -0.839. The van der Waals surface area contributed by atoms with Crippen LogP contribution >= 0.6 is 11.6 Å². The molecule has 0 radical (unpaired) electrons. The average Bonchev–Trinajstić information content (AvgIpc) is 3.07. The molecule has 7 heteroatoms. The molecule has 1 atom stereocenters. The van der Waals surface area contributed by atoms with Crippen molar-refractivity contribution in [2.75, 3.05) is 4.90 Å². The van der Waals surface area contributed by atoms with Crippen molar-refractivity contribution in [2.45, 2.75) is 39.8 Å². The molecule has 1 aliphatic heterocycles. The van der Waals surface area contributed by atoms with Crippen LogP contribution in [0.4, 0.5) is 5.69 Å². The SMILES string of the molecule is Cc1ccc(N2C(=O)C(=O)/C(=C(/O)c3ccc(OC(C)C)c(C)c3)C2c2ccncc2)cc1Cl. The first-order valence-electron chi connectivity index (χ1n) is 10.9. The number of aliphatic hydroxyl groups excluding tert-OH is 1. The number of benzene rings is 2. The Morgan fingerprint density at radius 2 is 1.74 bits per heavy atom. The Morgan fingerprint density at radius 1 is 1.03 bits per heavy atom. The van der Waals surface area contributed by atoms with Crippen molar-refractivity contribution in [1.29, 1.82) is 0 Å². The zero-order valence-electron chi connectivity index (χ0n) is 19.4. The average molecular weight is 477 g/mol. The van der Waals surface area contributed by atoms with Crippen molar-refractivity contribution in [3.8, 4) is 5.75 Å². The highest BCUT2D eigenvalue weighted by molar-refractivity contribution is 6.51. The van der Waals surface area contributed by atoms with Crippen LogP contribution in [0.1, 0.15) is 42.1 Å². The largest absolute Gasteiger partial charge is 0.507 e. The fourth-order valence-electron chi connectivity index (χ4n) is 4.03. The van der Waals surface area contributed by atoms with Gasteiger partial charge in [-0.05, 0) is 86.8 Å². The van der Waals surface area contributed by atoms with Crippen LogP contribution in [0.25, 0.3) is 5.76 Å². The van der Waals surface area contributed by atoms with Gasteiger partial charge in [-0.25, -0.2) is 0 Å². The number of aliphatic hydroxyl groups is 1. The van der Waals surface area contributed by atoms with Gasteiger partial charge in [0.25, 0.3) is 11.7 Å². The van der Waals surface area contributed by atoms with Gasteiger partial charge in [0.15, 0.2) is 0 Å². The third kappa shape index (κ3) is 4.29. The van der Waals surface area contributed by atoms with E-state index in [1.165, 1.54) is 4.90 Å². The lowest BCUT2D eigenvalue weighted by molar-refractivity contribution is -0.132. The Bertz CT molecular complexity index is 1300. The number of nitrogens with zero attached hydrogens (tertiary/aromatic N) is 2. The van der Waals surface area contributed by atoms with E-state index in [1.54, 1.807) is 60.9 Å². The van der Waals surface area contributed by atoms with Crippen molar-refractivity contribution in [3.63, 3.8) is 0 Å². The molecule has 1 N–H and O–H groups in total. The lowest BCUT2D eigenvalue weighted by Crippen LogP contribution is -2.29. The minimum Gasteiger partial charge on any atom is -0.507 e. The van der Waals surface area contributed by atoms with E-state index >= 15 is 0 Å². The Morgan fingerprint density at radius 3 is 2.35 bits per heavy atom. The molecular formula is C27H25ClN2O4. The highest BCUT2D eigenvalue weighted by Crippen LogP contribution is 2.43. The molecule has 174 valence electrons. The van der Waals surface area contributed by atoms with E-state index in [0.29, 0.717) is 27.6 Å². The molecule has 0 aliphatic carbocycles. The van der Waals surface area contributed by atoms with Crippen LogP contribution < -0.4 is 9.64 Å². The molecule has 1 aromatic heterocycles. The van der Waals surface area contributed by atoms with Crippen LogP contribution in [0, 0.1) is 13.8 Å². The lowest BCUT2D eigenvalue weighted by atomic mass is 9.95. The second-order valence-corrected chi connectivity index (χ2v) is 8.94. The molecule has 1 saturated heterocycles. The molecule has 1 unspecified atom stereocenters. The number of aryl methyl sites for hydroxylation is 2. The lowest BCUT2D eigenvalue weighted by Gasteiger charge is -2.25. The monoisotopic (exact) mass is 476 g/mol. The number of aromatic nitrogens is 1. The first-order chi connectivity index (χ1) is 16.2. The summed E-state index contributed by atoms with van der Waals surface area (Å²) in [5, 5.41) is 11.8. The third-order valence-corrected chi connectivity index (χ3v) is 6.12. The van der Waals surface area contributed by atoms with Crippen LogP contribution in [-0.4, -0.2) is 27.9 Å². The summed E-state index contributed by atoms with van der Waals surface area (Å²) in [5.74, 6) is -1.07. The number of hydrogen-bond acceptors (Lipinski definition) is 5. The van der Waals surface area contributed by atoms with Crippen molar-refractivity contribution in [2.24, 2.45) is 0 Å². The van der Waals surface area contributed by atoms with E-state index in [0.717, 1.165) is 11.1 Å². The smallest absolute Gasteiger partial charge is 0.300 e. The number of carbonyl (C=O) groups is 2. The molecule has 0 saturated carbocycles. The predicted octanol–water partition coefficient (Wildman–Crippen LogP) is 5.77. The Hall–Kier alpha value is -3.64. The fourth-order valence-corrected chi connectivity index (χ4v) is 4.20. The maximum absolute atomic E-state index is 13.3. The van der Waals surface area contributed by atoms with Gasteiger partial charge in [0.2, 0.25) is 0 Å². The summed E-state index contributed by atoms with van der Waals surface area (Å²) >= 11 is 6.33. The topological polar surface area (TPSA) is 79.7 Å². The standard InChI is InChI=1S/C27H25ClN2O4/c1-15(2)34-22-8-6-19(13-17(22)4)25(31)23-24(18-9-11-29-12-10-18)30(27(33)26(23)32)20-7-5-16(3)21(28)14-20/h5-15,24,31H,1-4H3/b25-23+. The number of ketones is 1. The zero-order valence-corrected chi connectivity index (χ0v) is 20.1. The predicted molar refractivity (Wildman–Crippen MR) is 132 cm³/mol. The Labute approximate surface area is 203 Å². The van der Waals surface area contributed by atoms with E-state index in [1.807, 2.05) is 27.7 Å². The van der Waals surface area contributed by atoms with Gasteiger partial charge in [-0.3, -0.25) is 19.5 Å². The normalized spacial score (nSPS) is 17.5. The molecule has 1 amide bonds. The molecule has 4 rings (SSSR count). The second-order valence-electron chi connectivity index (χ2n) is 8.53. The van der Waals surface area contributed by atoms with Gasteiger partial charge in [0.1, 0.15) is 11.5 Å². The summed E-state index contributed by atoms with van der Waals surface area (Å²) in [7, 11) is 0. The van der Waals surface area contributed by atoms with Gasteiger partial charge in [-0.1, -0.05) is 17.7 Å². The number of amides is 1. The van der Waals surface area contributed by atoms with Gasteiger partial charge in [0.05, 0.1) is 17.7 Å². The number of halogens is 1. The van der Waals surface area contributed by atoms with Crippen molar-refractivity contribution in [1.82, 2.24) is 4.98 Å². The van der Waals surface area contributed by atoms with Crippen LogP contribution in [0.3, 0.4) is 0 Å². The number of hydrogen-bond donors (Lipinski definition) is 1. The van der Waals surface area contributed by atoms with Gasteiger partial charge in [0, 0.05) is 28.7 Å². The zero-order chi connectivity index (χ0) is 24.6. The fraction of sp³-hybridized carbons (Fsp3) is 0.222. The van der Waals surface area contributed by atoms with E-state index in [4.69, 9.17) is 16.3 Å². The van der Waals surface area contributed by atoms with E-state index in [9.17, 15) is 14.7 Å². The Balaban J connectivity index is 1.89. The molecule has 2 aromatic carbocycles. The number of pyridine rings is 1. The number of ether oxygens (including phenoxy) is 1. The van der Waals surface area contributed by atoms with Crippen molar-refractivity contribution >= 4 is 34.7 Å².